The van der Waals surface area contributed by atoms with Gasteiger partial charge in [-0.3, -0.25) is 14.2 Å². The molecule has 6 nitrogen and oxygen atoms in total. The van der Waals surface area contributed by atoms with Gasteiger partial charge in [0.25, 0.3) is 5.56 Å². The van der Waals surface area contributed by atoms with E-state index in [2.05, 4.69) is 4.98 Å². The Bertz CT molecular complexity index is 618. The molecule has 6 heteroatoms. The zero-order chi connectivity index (χ0) is 11.7. The molecule has 0 atom stereocenters. The number of carboxylic acids is 1. The fourth-order valence-electron chi connectivity index (χ4n) is 1.41. The van der Waals surface area contributed by atoms with Crippen LogP contribution in [0.25, 0.3) is 10.9 Å². The molecule has 1 heterocycles. The highest BCUT2D eigenvalue weighted by Gasteiger charge is 2.07. The number of phenolic OH excluding ortho intramolecular Hbond substituents is 1. The van der Waals surface area contributed by atoms with Crippen molar-refractivity contribution in [3.8, 4) is 5.75 Å². The Labute approximate surface area is 89.4 Å². The molecule has 2 rings (SSSR count). The number of aromatic hydroxyl groups is 1. The fourth-order valence-corrected chi connectivity index (χ4v) is 1.41. The number of carboxylic acid groups (broad SMARTS) is 1. The number of hydrogen-bond acceptors (Lipinski definition) is 4. The van der Waals surface area contributed by atoms with Crippen LogP contribution in [0.1, 0.15) is 0 Å². The molecule has 0 fully saturated rings. The number of hydrogen-bond donors (Lipinski definition) is 2. The SMILES string of the molecule is O=C(O)Cn1cnc2ccc(O)cc2c1=O. The average Bonchev–Trinajstić information content (AvgIpc) is 2.22. The standard InChI is InChI=1S/C10H8N2O4/c13-6-1-2-8-7(3-6)10(16)12(5-11-8)4-9(14)15/h1-3,5,13H,4H2,(H,14,15). The highest BCUT2D eigenvalue weighted by atomic mass is 16.4. The predicted molar refractivity (Wildman–Crippen MR) is 55.3 cm³/mol. The monoisotopic (exact) mass is 220 g/mol. The molecule has 0 radical (unpaired) electrons. The quantitative estimate of drug-likeness (QED) is 0.753. The van der Waals surface area contributed by atoms with Gasteiger partial charge in [-0.2, -0.15) is 0 Å². The van der Waals surface area contributed by atoms with Crippen molar-refractivity contribution in [1.82, 2.24) is 9.55 Å². The molecule has 0 saturated carbocycles. The summed E-state index contributed by atoms with van der Waals surface area (Å²) in [6.45, 7) is -0.447. The van der Waals surface area contributed by atoms with Crippen LogP contribution in [0.5, 0.6) is 5.75 Å². The van der Waals surface area contributed by atoms with Gasteiger partial charge in [-0.1, -0.05) is 0 Å². The summed E-state index contributed by atoms with van der Waals surface area (Å²) in [5, 5.41) is 18.0. The fraction of sp³-hybridized carbons (Fsp3) is 0.100. The van der Waals surface area contributed by atoms with Gasteiger partial charge in [0.05, 0.1) is 17.2 Å². The molecule has 0 aliphatic carbocycles. The molecule has 16 heavy (non-hydrogen) atoms. The summed E-state index contributed by atoms with van der Waals surface area (Å²) in [6, 6.07) is 4.18. The summed E-state index contributed by atoms with van der Waals surface area (Å²) in [6.07, 6.45) is 1.18. The summed E-state index contributed by atoms with van der Waals surface area (Å²) in [5.74, 6) is -1.18. The Hall–Kier alpha value is -2.37. The third kappa shape index (κ3) is 1.72. The third-order valence-electron chi connectivity index (χ3n) is 2.11. The van der Waals surface area contributed by atoms with Crippen LogP contribution in [-0.4, -0.2) is 25.7 Å². The number of carbonyl (C=O) groups is 1. The summed E-state index contributed by atoms with van der Waals surface area (Å²) in [4.78, 5) is 26.2. The molecule has 2 aromatic rings. The topological polar surface area (TPSA) is 92.4 Å². The Morgan fingerprint density at radius 1 is 1.44 bits per heavy atom. The second-order valence-corrected chi connectivity index (χ2v) is 3.27. The normalized spacial score (nSPS) is 10.5. The van der Waals surface area contributed by atoms with Gasteiger partial charge in [0.2, 0.25) is 0 Å². The molecule has 0 unspecified atom stereocenters. The summed E-state index contributed by atoms with van der Waals surface area (Å²) >= 11 is 0. The van der Waals surface area contributed by atoms with E-state index in [-0.39, 0.29) is 11.1 Å². The number of aliphatic carboxylic acids is 1. The Morgan fingerprint density at radius 3 is 2.88 bits per heavy atom. The van der Waals surface area contributed by atoms with Gasteiger partial charge in [0.15, 0.2) is 0 Å². The second kappa shape index (κ2) is 3.65. The first-order valence-corrected chi connectivity index (χ1v) is 4.48. The van der Waals surface area contributed by atoms with Crippen molar-refractivity contribution < 1.29 is 15.0 Å². The zero-order valence-electron chi connectivity index (χ0n) is 8.12. The van der Waals surface area contributed by atoms with E-state index in [1.165, 1.54) is 24.5 Å². The second-order valence-electron chi connectivity index (χ2n) is 3.27. The average molecular weight is 220 g/mol. The van der Waals surface area contributed by atoms with E-state index >= 15 is 0 Å². The van der Waals surface area contributed by atoms with E-state index < -0.39 is 18.1 Å². The number of phenols is 1. The van der Waals surface area contributed by atoms with Gasteiger partial charge in [-0.15, -0.1) is 0 Å². The van der Waals surface area contributed by atoms with Crippen molar-refractivity contribution in [1.29, 1.82) is 0 Å². The van der Waals surface area contributed by atoms with Crippen molar-refractivity contribution in [3.05, 3.63) is 34.9 Å². The van der Waals surface area contributed by atoms with Crippen molar-refractivity contribution >= 4 is 16.9 Å². The number of rotatable bonds is 2. The van der Waals surface area contributed by atoms with Gasteiger partial charge in [0.1, 0.15) is 12.3 Å². The molecular weight excluding hydrogens is 212 g/mol. The van der Waals surface area contributed by atoms with Crippen molar-refractivity contribution in [2.75, 3.05) is 0 Å². The van der Waals surface area contributed by atoms with Crippen molar-refractivity contribution in [3.63, 3.8) is 0 Å². The molecule has 1 aromatic carbocycles. The van der Waals surface area contributed by atoms with Gasteiger partial charge in [-0.25, -0.2) is 4.98 Å². The first kappa shape index (κ1) is 10.2. The van der Waals surface area contributed by atoms with E-state index in [1.54, 1.807) is 0 Å². The van der Waals surface area contributed by atoms with Gasteiger partial charge >= 0.3 is 5.97 Å². The molecule has 0 saturated heterocycles. The minimum absolute atomic E-state index is 0.0560. The van der Waals surface area contributed by atoms with Gasteiger partial charge in [0, 0.05) is 0 Å². The number of nitrogens with zero attached hydrogens (tertiary/aromatic N) is 2. The van der Waals surface area contributed by atoms with Crippen molar-refractivity contribution in [2.45, 2.75) is 6.54 Å². The smallest absolute Gasteiger partial charge is 0.323 e. The lowest BCUT2D eigenvalue weighted by molar-refractivity contribution is -0.137. The summed E-state index contributed by atoms with van der Waals surface area (Å²) < 4.78 is 0.976. The van der Waals surface area contributed by atoms with Crippen LogP contribution in [0.4, 0.5) is 0 Å². The molecule has 2 N–H and O–H groups in total. The summed E-state index contributed by atoms with van der Waals surface area (Å²) in [7, 11) is 0. The summed E-state index contributed by atoms with van der Waals surface area (Å²) in [5.41, 5.74) is -0.0623. The first-order valence-electron chi connectivity index (χ1n) is 4.48. The minimum atomic E-state index is -1.12. The van der Waals surface area contributed by atoms with E-state index in [0.29, 0.717) is 5.52 Å². The molecule has 0 spiro atoms. The third-order valence-corrected chi connectivity index (χ3v) is 2.11. The molecule has 0 bridgehead atoms. The molecule has 0 aliphatic rings. The van der Waals surface area contributed by atoms with Crippen LogP contribution in [0.15, 0.2) is 29.3 Å². The molecule has 1 aromatic heterocycles. The number of fused-ring (bicyclic) bond motifs is 1. The zero-order valence-corrected chi connectivity index (χ0v) is 8.12. The molecule has 0 aliphatic heterocycles. The van der Waals surface area contributed by atoms with E-state index in [0.717, 1.165) is 4.57 Å². The number of aromatic nitrogens is 2. The van der Waals surface area contributed by atoms with Crippen LogP contribution < -0.4 is 5.56 Å². The highest BCUT2D eigenvalue weighted by Crippen LogP contribution is 2.14. The molecule has 82 valence electrons. The van der Waals surface area contributed by atoms with Crippen molar-refractivity contribution in [2.24, 2.45) is 0 Å². The van der Waals surface area contributed by atoms with Crippen LogP contribution in [0.2, 0.25) is 0 Å². The lowest BCUT2D eigenvalue weighted by atomic mass is 10.2. The maximum atomic E-state index is 11.8. The predicted octanol–water partition coefficient (Wildman–Crippen LogP) is 0.187. The van der Waals surface area contributed by atoms with E-state index in [4.69, 9.17) is 5.11 Å². The lowest BCUT2D eigenvalue weighted by Crippen LogP contribution is -2.24. The molecular formula is C10H8N2O4. The van der Waals surface area contributed by atoms with Crippen LogP contribution in [0.3, 0.4) is 0 Å². The maximum absolute atomic E-state index is 11.8. The lowest BCUT2D eigenvalue weighted by Gasteiger charge is -2.03. The van der Waals surface area contributed by atoms with E-state index in [9.17, 15) is 14.7 Å². The molecule has 0 amide bonds. The van der Waals surface area contributed by atoms with E-state index in [1.807, 2.05) is 0 Å². The van der Waals surface area contributed by atoms with Crippen LogP contribution in [-0.2, 0) is 11.3 Å². The highest BCUT2D eigenvalue weighted by molar-refractivity contribution is 5.79. The van der Waals surface area contributed by atoms with Crippen LogP contribution in [0, 0.1) is 0 Å². The van der Waals surface area contributed by atoms with Gasteiger partial charge in [-0.05, 0) is 18.2 Å². The minimum Gasteiger partial charge on any atom is -0.508 e. The van der Waals surface area contributed by atoms with Crippen LogP contribution >= 0.6 is 0 Å². The van der Waals surface area contributed by atoms with Gasteiger partial charge < -0.3 is 10.2 Å². The number of benzene rings is 1. The largest absolute Gasteiger partial charge is 0.508 e. The Kier molecular flexibility index (Phi) is 2.32. The Balaban J connectivity index is 2.68. The maximum Gasteiger partial charge on any atom is 0.323 e. The first-order chi connectivity index (χ1) is 7.58. The Morgan fingerprint density at radius 2 is 2.19 bits per heavy atom.